The van der Waals surface area contributed by atoms with Crippen LogP contribution in [0.15, 0.2) is 12.3 Å². The number of ether oxygens (including phenoxy) is 1. The van der Waals surface area contributed by atoms with Gasteiger partial charge >= 0.3 is 0 Å². The summed E-state index contributed by atoms with van der Waals surface area (Å²) in [5.74, 6) is 1.45. The number of nitrogens with two attached hydrogens (primary N) is 1. The van der Waals surface area contributed by atoms with E-state index in [2.05, 4.69) is 28.7 Å². The number of anilines is 1. The Kier molecular flexibility index (Phi) is 5.59. The van der Waals surface area contributed by atoms with E-state index in [-0.39, 0.29) is 0 Å². The van der Waals surface area contributed by atoms with E-state index in [0.29, 0.717) is 24.6 Å². The topological polar surface area (TPSA) is 64.3 Å². The Morgan fingerprint density at radius 2 is 2.05 bits per heavy atom. The highest BCUT2D eigenvalue weighted by Gasteiger charge is 2.25. The zero-order chi connectivity index (χ0) is 14.4. The summed E-state index contributed by atoms with van der Waals surface area (Å²) in [6.45, 7) is 5.85. The molecule has 0 saturated heterocycles. The average molecular weight is 278 g/mol. The van der Waals surface area contributed by atoms with Crippen LogP contribution in [0.4, 0.5) is 5.95 Å². The molecule has 1 aromatic rings. The van der Waals surface area contributed by atoms with Gasteiger partial charge in [-0.1, -0.05) is 6.92 Å². The molecule has 2 rings (SSSR count). The molecule has 20 heavy (non-hydrogen) atoms. The lowest BCUT2D eigenvalue weighted by Crippen LogP contribution is -2.41. The van der Waals surface area contributed by atoms with Crippen LogP contribution in [-0.4, -0.2) is 35.2 Å². The van der Waals surface area contributed by atoms with E-state index in [1.807, 2.05) is 6.07 Å². The summed E-state index contributed by atoms with van der Waals surface area (Å²) in [6.07, 6.45) is 7.19. The van der Waals surface area contributed by atoms with Crippen LogP contribution in [0.25, 0.3) is 0 Å². The fourth-order valence-electron chi connectivity index (χ4n) is 2.73. The summed E-state index contributed by atoms with van der Waals surface area (Å²) in [4.78, 5) is 11.2. The fourth-order valence-corrected chi connectivity index (χ4v) is 2.73. The molecular formula is C15H26N4O. The van der Waals surface area contributed by atoms with Gasteiger partial charge < -0.3 is 15.4 Å². The maximum atomic E-state index is 5.99. The van der Waals surface area contributed by atoms with Crippen molar-refractivity contribution in [1.29, 1.82) is 0 Å². The first-order chi connectivity index (χ1) is 9.74. The van der Waals surface area contributed by atoms with Gasteiger partial charge in [0.15, 0.2) is 0 Å². The van der Waals surface area contributed by atoms with E-state index < -0.39 is 0 Å². The van der Waals surface area contributed by atoms with Crippen LogP contribution in [-0.2, 0) is 0 Å². The number of hydrogen-bond donors (Lipinski definition) is 1. The molecule has 1 aliphatic rings. The molecule has 0 amide bonds. The van der Waals surface area contributed by atoms with Crippen molar-refractivity contribution in [3.05, 3.63) is 12.3 Å². The Labute approximate surface area is 121 Å². The molecule has 0 unspecified atom stereocenters. The molecule has 0 aromatic carbocycles. The number of rotatable bonds is 6. The summed E-state index contributed by atoms with van der Waals surface area (Å²) in [5, 5.41) is 0. The first kappa shape index (κ1) is 15.0. The van der Waals surface area contributed by atoms with Crippen LogP contribution < -0.4 is 15.4 Å². The van der Waals surface area contributed by atoms with E-state index in [0.717, 1.165) is 44.6 Å². The Morgan fingerprint density at radius 1 is 1.30 bits per heavy atom. The molecule has 1 aromatic heterocycles. The minimum atomic E-state index is 0.366. The SMILES string of the molecule is CCCOc1ccnc(N(CC)C2CCC(N)CC2)n1. The van der Waals surface area contributed by atoms with Gasteiger partial charge in [0.2, 0.25) is 11.8 Å². The van der Waals surface area contributed by atoms with Crippen molar-refractivity contribution in [2.75, 3.05) is 18.1 Å². The third-order valence-corrected chi connectivity index (χ3v) is 3.85. The summed E-state index contributed by atoms with van der Waals surface area (Å²) in [5.41, 5.74) is 5.99. The number of aromatic nitrogens is 2. The highest BCUT2D eigenvalue weighted by molar-refractivity contribution is 5.33. The number of hydrogen-bond acceptors (Lipinski definition) is 5. The van der Waals surface area contributed by atoms with E-state index in [4.69, 9.17) is 10.5 Å². The van der Waals surface area contributed by atoms with Crippen molar-refractivity contribution in [3.8, 4) is 5.88 Å². The molecule has 1 fully saturated rings. The van der Waals surface area contributed by atoms with Gasteiger partial charge in [-0.15, -0.1) is 0 Å². The maximum absolute atomic E-state index is 5.99. The van der Waals surface area contributed by atoms with Crippen molar-refractivity contribution < 1.29 is 4.74 Å². The molecule has 1 aliphatic carbocycles. The highest BCUT2D eigenvalue weighted by atomic mass is 16.5. The second-order valence-electron chi connectivity index (χ2n) is 5.40. The monoisotopic (exact) mass is 278 g/mol. The molecule has 0 radical (unpaired) electrons. The van der Waals surface area contributed by atoms with Gasteiger partial charge in [-0.2, -0.15) is 4.98 Å². The van der Waals surface area contributed by atoms with E-state index in [9.17, 15) is 0 Å². The Morgan fingerprint density at radius 3 is 2.70 bits per heavy atom. The lowest BCUT2D eigenvalue weighted by Gasteiger charge is -2.35. The summed E-state index contributed by atoms with van der Waals surface area (Å²) in [6, 6.07) is 2.69. The fraction of sp³-hybridized carbons (Fsp3) is 0.733. The molecule has 0 atom stereocenters. The molecular weight excluding hydrogens is 252 g/mol. The van der Waals surface area contributed by atoms with Crippen LogP contribution >= 0.6 is 0 Å². The van der Waals surface area contributed by atoms with E-state index in [1.54, 1.807) is 6.20 Å². The van der Waals surface area contributed by atoms with Crippen molar-refractivity contribution >= 4 is 5.95 Å². The smallest absolute Gasteiger partial charge is 0.228 e. The van der Waals surface area contributed by atoms with Gasteiger partial charge in [0.25, 0.3) is 0 Å². The molecule has 5 nitrogen and oxygen atoms in total. The second kappa shape index (κ2) is 7.43. The average Bonchev–Trinajstić information content (AvgIpc) is 2.48. The second-order valence-corrected chi connectivity index (χ2v) is 5.40. The third kappa shape index (κ3) is 3.82. The minimum absolute atomic E-state index is 0.366. The molecule has 1 heterocycles. The predicted octanol–water partition coefficient (Wildman–Crippen LogP) is 2.36. The van der Waals surface area contributed by atoms with Crippen molar-refractivity contribution in [2.45, 2.75) is 58.0 Å². The Balaban J connectivity index is 2.06. The van der Waals surface area contributed by atoms with E-state index in [1.165, 1.54) is 0 Å². The van der Waals surface area contributed by atoms with Crippen molar-refractivity contribution in [2.24, 2.45) is 5.73 Å². The zero-order valence-corrected chi connectivity index (χ0v) is 12.6. The lowest BCUT2D eigenvalue weighted by molar-refractivity contribution is 0.304. The predicted molar refractivity (Wildman–Crippen MR) is 81.1 cm³/mol. The molecule has 0 spiro atoms. The van der Waals surface area contributed by atoms with Crippen LogP contribution in [0, 0.1) is 0 Å². The third-order valence-electron chi connectivity index (χ3n) is 3.85. The summed E-state index contributed by atoms with van der Waals surface area (Å²) < 4.78 is 5.60. The van der Waals surface area contributed by atoms with Crippen LogP contribution in [0.5, 0.6) is 5.88 Å². The van der Waals surface area contributed by atoms with Gasteiger partial charge in [-0.3, -0.25) is 0 Å². The molecule has 112 valence electrons. The van der Waals surface area contributed by atoms with Crippen LogP contribution in [0.3, 0.4) is 0 Å². The standard InChI is InChI=1S/C15H26N4O/c1-3-11-20-14-9-10-17-15(18-14)19(4-2)13-7-5-12(16)6-8-13/h9-10,12-13H,3-8,11,16H2,1-2H3. The first-order valence-corrected chi connectivity index (χ1v) is 7.72. The summed E-state index contributed by atoms with van der Waals surface area (Å²) >= 11 is 0. The van der Waals surface area contributed by atoms with Gasteiger partial charge in [-0.25, -0.2) is 4.98 Å². The van der Waals surface area contributed by atoms with Gasteiger partial charge in [0, 0.05) is 30.9 Å². The molecule has 2 N–H and O–H groups in total. The maximum Gasteiger partial charge on any atom is 0.228 e. The van der Waals surface area contributed by atoms with Crippen LogP contribution in [0.2, 0.25) is 0 Å². The van der Waals surface area contributed by atoms with E-state index >= 15 is 0 Å². The van der Waals surface area contributed by atoms with Gasteiger partial charge in [-0.05, 0) is 39.0 Å². The quantitative estimate of drug-likeness (QED) is 0.865. The zero-order valence-electron chi connectivity index (χ0n) is 12.6. The molecule has 5 heteroatoms. The molecule has 0 bridgehead atoms. The van der Waals surface area contributed by atoms with Gasteiger partial charge in [0.1, 0.15) is 0 Å². The van der Waals surface area contributed by atoms with Crippen LogP contribution in [0.1, 0.15) is 46.0 Å². The Hall–Kier alpha value is -1.36. The van der Waals surface area contributed by atoms with Crippen molar-refractivity contribution in [1.82, 2.24) is 9.97 Å². The Bertz CT molecular complexity index is 405. The normalized spacial score (nSPS) is 22.6. The van der Waals surface area contributed by atoms with Gasteiger partial charge in [0.05, 0.1) is 6.61 Å². The minimum Gasteiger partial charge on any atom is -0.478 e. The first-order valence-electron chi connectivity index (χ1n) is 7.72. The molecule has 1 saturated carbocycles. The summed E-state index contributed by atoms with van der Waals surface area (Å²) in [7, 11) is 0. The number of nitrogens with zero attached hydrogens (tertiary/aromatic N) is 3. The lowest BCUT2D eigenvalue weighted by atomic mass is 9.91. The molecule has 0 aliphatic heterocycles. The highest BCUT2D eigenvalue weighted by Crippen LogP contribution is 2.25. The largest absolute Gasteiger partial charge is 0.478 e. The van der Waals surface area contributed by atoms with Crippen molar-refractivity contribution in [3.63, 3.8) is 0 Å².